The first-order valence-electron chi connectivity index (χ1n) is 3.90. The normalized spacial score (nSPS) is 16.0. The van der Waals surface area contributed by atoms with Crippen molar-refractivity contribution in [1.82, 2.24) is 5.16 Å². The van der Waals surface area contributed by atoms with Crippen molar-refractivity contribution in [3.63, 3.8) is 0 Å². The van der Waals surface area contributed by atoms with E-state index in [-0.39, 0.29) is 12.1 Å². The van der Waals surface area contributed by atoms with Crippen LogP contribution in [0.2, 0.25) is 0 Å². The first-order valence-corrected chi connectivity index (χ1v) is 3.90. The van der Waals surface area contributed by atoms with E-state index in [1.165, 1.54) is 0 Å². The summed E-state index contributed by atoms with van der Waals surface area (Å²) in [4.78, 5) is 0. The summed E-state index contributed by atoms with van der Waals surface area (Å²) in [6.07, 6.45) is -0.0405. The van der Waals surface area contributed by atoms with Crippen LogP contribution in [0, 0.1) is 0 Å². The number of ether oxygens (including phenoxy) is 1. The van der Waals surface area contributed by atoms with Crippen LogP contribution in [0.15, 0.2) is 10.6 Å². The van der Waals surface area contributed by atoms with Crippen LogP contribution in [-0.4, -0.2) is 12.3 Å². The zero-order valence-electron chi connectivity index (χ0n) is 7.57. The summed E-state index contributed by atoms with van der Waals surface area (Å²) in [5.74, 6) is 0.689. The van der Waals surface area contributed by atoms with Crippen LogP contribution in [0.1, 0.15) is 37.4 Å². The van der Waals surface area contributed by atoms with E-state index in [0.717, 1.165) is 5.69 Å². The maximum absolute atomic E-state index is 5.59. The van der Waals surface area contributed by atoms with Crippen molar-refractivity contribution in [2.75, 3.05) is 7.11 Å². The fourth-order valence-electron chi connectivity index (χ4n) is 0.831. The monoisotopic (exact) mass is 170 g/mol. The quantitative estimate of drug-likeness (QED) is 0.744. The van der Waals surface area contributed by atoms with Crippen molar-refractivity contribution in [3.8, 4) is 0 Å². The molecule has 1 aromatic rings. The molecule has 1 rings (SSSR count). The predicted octanol–water partition coefficient (Wildman–Crippen LogP) is 1.40. The van der Waals surface area contributed by atoms with Crippen LogP contribution in [0.25, 0.3) is 0 Å². The third-order valence-corrected chi connectivity index (χ3v) is 1.77. The Morgan fingerprint density at radius 2 is 2.25 bits per heavy atom. The summed E-state index contributed by atoms with van der Waals surface area (Å²) < 4.78 is 10.1. The molecule has 0 aromatic carbocycles. The number of rotatable bonds is 3. The van der Waals surface area contributed by atoms with Crippen LogP contribution in [0.3, 0.4) is 0 Å². The summed E-state index contributed by atoms with van der Waals surface area (Å²) >= 11 is 0. The molecule has 0 radical (unpaired) electrons. The highest BCUT2D eigenvalue weighted by molar-refractivity contribution is 5.10. The third kappa shape index (κ3) is 1.84. The maximum Gasteiger partial charge on any atom is 0.153 e. The zero-order valence-corrected chi connectivity index (χ0v) is 7.57. The van der Waals surface area contributed by atoms with Gasteiger partial charge in [0.15, 0.2) is 5.76 Å². The van der Waals surface area contributed by atoms with Crippen LogP contribution in [-0.2, 0) is 4.74 Å². The highest BCUT2D eigenvalue weighted by atomic mass is 16.5. The van der Waals surface area contributed by atoms with Crippen molar-refractivity contribution in [3.05, 3.63) is 17.5 Å². The van der Waals surface area contributed by atoms with Gasteiger partial charge in [0.1, 0.15) is 5.69 Å². The fourth-order valence-corrected chi connectivity index (χ4v) is 0.831. The number of nitrogens with two attached hydrogens (primary N) is 1. The van der Waals surface area contributed by atoms with Crippen molar-refractivity contribution >= 4 is 0 Å². The minimum atomic E-state index is -0.115. The molecule has 4 heteroatoms. The van der Waals surface area contributed by atoms with E-state index in [0.29, 0.717) is 5.76 Å². The largest absolute Gasteiger partial charge is 0.375 e. The van der Waals surface area contributed by atoms with E-state index in [2.05, 4.69) is 5.16 Å². The minimum Gasteiger partial charge on any atom is -0.375 e. The van der Waals surface area contributed by atoms with Gasteiger partial charge in [-0.15, -0.1) is 0 Å². The van der Waals surface area contributed by atoms with Crippen molar-refractivity contribution in [1.29, 1.82) is 0 Å². The van der Waals surface area contributed by atoms with Gasteiger partial charge in [-0.25, -0.2) is 0 Å². The first kappa shape index (κ1) is 9.22. The van der Waals surface area contributed by atoms with Crippen LogP contribution in [0.5, 0.6) is 0 Å². The Labute approximate surface area is 71.7 Å². The fraction of sp³-hybridized carbons (Fsp3) is 0.625. The molecule has 1 aromatic heterocycles. The van der Waals surface area contributed by atoms with Gasteiger partial charge in [-0.05, 0) is 13.8 Å². The Hall–Kier alpha value is -0.870. The van der Waals surface area contributed by atoms with E-state index < -0.39 is 0 Å². The summed E-state index contributed by atoms with van der Waals surface area (Å²) in [6.45, 7) is 3.75. The van der Waals surface area contributed by atoms with E-state index in [4.69, 9.17) is 15.0 Å². The number of hydrogen-bond donors (Lipinski definition) is 1. The Balaban J connectivity index is 2.77. The highest BCUT2D eigenvalue weighted by Crippen LogP contribution is 2.18. The molecule has 0 aliphatic heterocycles. The van der Waals surface area contributed by atoms with Gasteiger partial charge in [-0.2, -0.15) is 0 Å². The lowest BCUT2D eigenvalue weighted by Gasteiger charge is -2.02. The molecule has 2 atom stereocenters. The SMILES string of the molecule is COC(C)c1cc(C(C)N)on1. The van der Waals surface area contributed by atoms with Gasteiger partial charge in [-0.1, -0.05) is 5.16 Å². The number of aromatic nitrogens is 1. The molecule has 0 aliphatic rings. The zero-order chi connectivity index (χ0) is 9.14. The van der Waals surface area contributed by atoms with Crippen LogP contribution in [0.4, 0.5) is 0 Å². The van der Waals surface area contributed by atoms with Crippen LogP contribution >= 0.6 is 0 Å². The molecule has 12 heavy (non-hydrogen) atoms. The Kier molecular flexibility index (Phi) is 2.83. The van der Waals surface area contributed by atoms with Gasteiger partial charge >= 0.3 is 0 Å². The Morgan fingerprint density at radius 3 is 2.67 bits per heavy atom. The number of methoxy groups -OCH3 is 1. The molecule has 0 bridgehead atoms. The molecule has 2 unspecified atom stereocenters. The standard InChI is InChI=1S/C8H14N2O2/c1-5(9)8-4-7(10-12-8)6(2)11-3/h4-6H,9H2,1-3H3. The molecular formula is C8H14N2O2. The van der Waals surface area contributed by atoms with E-state index in [1.807, 2.05) is 19.9 Å². The molecule has 2 N–H and O–H groups in total. The first-order chi connectivity index (χ1) is 5.65. The molecule has 0 saturated heterocycles. The molecule has 0 spiro atoms. The molecule has 68 valence electrons. The van der Waals surface area contributed by atoms with Gasteiger partial charge in [-0.3, -0.25) is 0 Å². The third-order valence-electron chi connectivity index (χ3n) is 1.77. The molecule has 0 amide bonds. The Morgan fingerprint density at radius 1 is 1.58 bits per heavy atom. The Bertz CT molecular complexity index is 245. The van der Waals surface area contributed by atoms with Gasteiger partial charge < -0.3 is 15.0 Å². The lowest BCUT2D eigenvalue weighted by atomic mass is 10.2. The lowest BCUT2D eigenvalue weighted by Crippen LogP contribution is -2.03. The second kappa shape index (κ2) is 3.69. The topological polar surface area (TPSA) is 61.3 Å². The van der Waals surface area contributed by atoms with Crippen molar-refractivity contribution < 1.29 is 9.26 Å². The summed E-state index contributed by atoms with van der Waals surface area (Å²) in [5, 5.41) is 3.83. The second-order valence-electron chi connectivity index (χ2n) is 2.82. The molecule has 0 saturated carbocycles. The van der Waals surface area contributed by atoms with Gasteiger partial charge in [0, 0.05) is 13.2 Å². The van der Waals surface area contributed by atoms with Gasteiger partial charge in [0.2, 0.25) is 0 Å². The van der Waals surface area contributed by atoms with Gasteiger partial charge in [0.05, 0.1) is 12.1 Å². The van der Waals surface area contributed by atoms with Crippen molar-refractivity contribution in [2.24, 2.45) is 5.73 Å². The smallest absolute Gasteiger partial charge is 0.153 e. The molecule has 0 aliphatic carbocycles. The van der Waals surface area contributed by atoms with E-state index in [1.54, 1.807) is 7.11 Å². The summed E-state index contributed by atoms with van der Waals surface area (Å²) in [7, 11) is 1.63. The maximum atomic E-state index is 5.59. The van der Waals surface area contributed by atoms with Gasteiger partial charge in [0.25, 0.3) is 0 Å². The lowest BCUT2D eigenvalue weighted by molar-refractivity contribution is 0.112. The molecular weight excluding hydrogens is 156 g/mol. The summed E-state index contributed by atoms with van der Waals surface area (Å²) in [6, 6.07) is 1.70. The minimum absolute atomic E-state index is 0.0405. The highest BCUT2D eigenvalue weighted by Gasteiger charge is 2.12. The van der Waals surface area contributed by atoms with Crippen LogP contribution < -0.4 is 5.73 Å². The second-order valence-corrected chi connectivity index (χ2v) is 2.82. The van der Waals surface area contributed by atoms with E-state index in [9.17, 15) is 0 Å². The summed E-state index contributed by atoms with van der Waals surface area (Å²) in [5.41, 5.74) is 6.38. The molecule has 0 fully saturated rings. The molecule has 4 nitrogen and oxygen atoms in total. The average Bonchev–Trinajstić information content (AvgIpc) is 2.51. The van der Waals surface area contributed by atoms with E-state index >= 15 is 0 Å². The number of nitrogens with zero attached hydrogens (tertiary/aromatic N) is 1. The predicted molar refractivity (Wildman–Crippen MR) is 44.5 cm³/mol. The molecule has 1 heterocycles. The number of hydrogen-bond acceptors (Lipinski definition) is 4. The van der Waals surface area contributed by atoms with Crippen molar-refractivity contribution in [2.45, 2.75) is 26.0 Å². The average molecular weight is 170 g/mol.